The van der Waals surface area contributed by atoms with Crippen LogP contribution in [0.5, 0.6) is 0 Å². The fourth-order valence-corrected chi connectivity index (χ4v) is 3.17. The van der Waals surface area contributed by atoms with Gasteiger partial charge in [-0.15, -0.1) is 0 Å². The number of nitrogens with zero attached hydrogens (tertiary/aromatic N) is 1. The number of rotatable bonds is 5. The molecule has 0 saturated carbocycles. The lowest BCUT2D eigenvalue weighted by Gasteiger charge is -2.20. The standard InChI is InChI=1S/C21H20N2O5/c1-12-8-13(2)10-15(9-12)22-18(24)11-28-21(27)14(3)23-19(25)16-6-4-5-7-17(16)20(23)26/h4-10,14H,11H2,1-3H3,(H,22,24)/t14-/m1/s1. The van der Waals surface area contributed by atoms with Gasteiger partial charge in [0.25, 0.3) is 17.7 Å². The van der Waals surface area contributed by atoms with Crippen molar-refractivity contribution in [1.29, 1.82) is 0 Å². The van der Waals surface area contributed by atoms with Gasteiger partial charge < -0.3 is 10.1 Å². The summed E-state index contributed by atoms with van der Waals surface area (Å²) >= 11 is 0. The fourth-order valence-electron chi connectivity index (χ4n) is 3.17. The lowest BCUT2D eigenvalue weighted by Crippen LogP contribution is -2.44. The van der Waals surface area contributed by atoms with Crippen molar-refractivity contribution in [3.05, 3.63) is 64.7 Å². The SMILES string of the molecule is Cc1cc(C)cc(NC(=O)COC(=O)[C@@H](C)N2C(=O)c3ccccc3C2=O)c1. The highest BCUT2D eigenvalue weighted by Crippen LogP contribution is 2.24. The Labute approximate surface area is 162 Å². The van der Waals surface area contributed by atoms with E-state index in [9.17, 15) is 19.2 Å². The number of carbonyl (C=O) groups is 4. The minimum Gasteiger partial charge on any atom is -0.454 e. The van der Waals surface area contributed by atoms with Gasteiger partial charge in [0, 0.05) is 5.69 Å². The number of fused-ring (bicyclic) bond motifs is 1. The number of aryl methyl sites for hydroxylation is 2. The molecule has 0 aromatic heterocycles. The summed E-state index contributed by atoms with van der Waals surface area (Å²) in [6.45, 7) is 4.70. The van der Waals surface area contributed by atoms with E-state index in [1.54, 1.807) is 24.3 Å². The van der Waals surface area contributed by atoms with Gasteiger partial charge in [-0.05, 0) is 56.2 Å². The third kappa shape index (κ3) is 3.78. The van der Waals surface area contributed by atoms with Gasteiger partial charge in [0.2, 0.25) is 0 Å². The van der Waals surface area contributed by atoms with Gasteiger partial charge in [-0.3, -0.25) is 19.3 Å². The zero-order chi connectivity index (χ0) is 20.4. The van der Waals surface area contributed by atoms with Gasteiger partial charge >= 0.3 is 5.97 Å². The van der Waals surface area contributed by atoms with Crippen LogP contribution in [0.3, 0.4) is 0 Å². The first-order chi connectivity index (χ1) is 13.3. The first-order valence-corrected chi connectivity index (χ1v) is 8.79. The molecule has 1 heterocycles. The van der Waals surface area contributed by atoms with Crippen molar-refractivity contribution in [2.75, 3.05) is 11.9 Å². The third-order valence-corrected chi connectivity index (χ3v) is 4.40. The van der Waals surface area contributed by atoms with E-state index in [4.69, 9.17) is 4.74 Å². The van der Waals surface area contributed by atoms with Crippen molar-refractivity contribution in [3.63, 3.8) is 0 Å². The van der Waals surface area contributed by atoms with E-state index in [0.29, 0.717) is 5.69 Å². The summed E-state index contributed by atoms with van der Waals surface area (Å²) in [4.78, 5) is 50.0. The number of benzene rings is 2. The summed E-state index contributed by atoms with van der Waals surface area (Å²) in [5.41, 5.74) is 3.09. The quantitative estimate of drug-likeness (QED) is 0.635. The van der Waals surface area contributed by atoms with Crippen molar-refractivity contribution in [1.82, 2.24) is 4.90 Å². The Hall–Kier alpha value is -3.48. The molecule has 3 rings (SSSR count). The van der Waals surface area contributed by atoms with Crippen LogP contribution in [0, 0.1) is 13.8 Å². The average molecular weight is 380 g/mol. The van der Waals surface area contributed by atoms with Gasteiger partial charge in [-0.2, -0.15) is 0 Å². The molecule has 0 aliphatic carbocycles. The Morgan fingerprint density at radius 2 is 1.54 bits per heavy atom. The lowest BCUT2D eigenvalue weighted by atomic mass is 10.1. The molecule has 0 bridgehead atoms. The zero-order valence-electron chi connectivity index (χ0n) is 15.8. The predicted molar refractivity (Wildman–Crippen MR) is 102 cm³/mol. The normalized spacial score (nSPS) is 13.9. The van der Waals surface area contributed by atoms with Gasteiger partial charge in [0.1, 0.15) is 6.04 Å². The summed E-state index contributed by atoms with van der Waals surface area (Å²) < 4.78 is 5.01. The molecule has 7 nitrogen and oxygen atoms in total. The second kappa shape index (κ2) is 7.64. The second-order valence-corrected chi connectivity index (χ2v) is 6.73. The summed E-state index contributed by atoms with van der Waals surface area (Å²) in [5.74, 6) is -2.44. The van der Waals surface area contributed by atoms with Gasteiger partial charge in [-0.25, -0.2) is 4.79 Å². The molecule has 0 radical (unpaired) electrons. The number of nitrogens with one attached hydrogen (secondary N) is 1. The maximum atomic E-state index is 12.4. The number of ether oxygens (including phenoxy) is 1. The lowest BCUT2D eigenvalue weighted by molar-refractivity contribution is -0.150. The van der Waals surface area contributed by atoms with E-state index in [0.717, 1.165) is 16.0 Å². The van der Waals surface area contributed by atoms with Gasteiger partial charge in [0.15, 0.2) is 6.61 Å². The number of hydrogen-bond acceptors (Lipinski definition) is 5. The van der Waals surface area contributed by atoms with Crippen molar-refractivity contribution in [2.24, 2.45) is 0 Å². The van der Waals surface area contributed by atoms with Crippen LogP contribution in [0.15, 0.2) is 42.5 Å². The minimum atomic E-state index is -1.14. The maximum Gasteiger partial charge on any atom is 0.329 e. The highest BCUT2D eigenvalue weighted by molar-refractivity contribution is 6.22. The molecule has 7 heteroatoms. The molecule has 1 aliphatic rings. The monoisotopic (exact) mass is 380 g/mol. The molecule has 2 aromatic rings. The Kier molecular flexibility index (Phi) is 5.26. The second-order valence-electron chi connectivity index (χ2n) is 6.73. The number of esters is 1. The van der Waals surface area contributed by atoms with Crippen molar-refractivity contribution >= 4 is 29.4 Å². The van der Waals surface area contributed by atoms with E-state index in [1.807, 2.05) is 19.9 Å². The Morgan fingerprint density at radius 3 is 2.07 bits per heavy atom. The van der Waals surface area contributed by atoms with E-state index in [2.05, 4.69) is 5.32 Å². The first-order valence-electron chi connectivity index (χ1n) is 8.79. The minimum absolute atomic E-state index is 0.250. The summed E-state index contributed by atoms with van der Waals surface area (Å²) in [6, 6.07) is 10.8. The summed E-state index contributed by atoms with van der Waals surface area (Å²) in [7, 11) is 0. The molecule has 0 fully saturated rings. The molecule has 1 atom stereocenters. The fraction of sp³-hybridized carbons (Fsp3) is 0.238. The van der Waals surface area contributed by atoms with Crippen molar-refractivity contribution < 1.29 is 23.9 Å². The molecule has 3 amide bonds. The number of hydrogen-bond donors (Lipinski definition) is 1. The summed E-state index contributed by atoms with van der Waals surface area (Å²) in [5, 5.41) is 2.66. The first kappa shape index (κ1) is 19.3. The molecule has 0 saturated heterocycles. The smallest absolute Gasteiger partial charge is 0.329 e. The highest BCUT2D eigenvalue weighted by Gasteiger charge is 2.41. The predicted octanol–water partition coefficient (Wildman–Crippen LogP) is 2.47. The molecule has 144 valence electrons. The molecule has 0 unspecified atom stereocenters. The third-order valence-electron chi connectivity index (χ3n) is 4.40. The average Bonchev–Trinajstić information content (AvgIpc) is 2.89. The van der Waals surface area contributed by atoms with Crippen LogP contribution in [0.2, 0.25) is 0 Å². The van der Waals surface area contributed by atoms with E-state index >= 15 is 0 Å². The van der Waals surface area contributed by atoms with Gasteiger partial charge in [-0.1, -0.05) is 18.2 Å². The molecule has 28 heavy (non-hydrogen) atoms. The van der Waals surface area contributed by atoms with Crippen LogP contribution in [-0.4, -0.2) is 41.2 Å². The number of amides is 3. The van der Waals surface area contributed by atoms with Crippen LogP contribution in [0.1, 0.15) is 38.8 Å². The topological polar surface area (TPSA) is 92.8 Å². The van der Waals surface area contributed by atoms with E-state index in [1.165, 1.54) is 19.1 Å². The largest absolute Gasteiger partial charge is 0.454 e. The number of imide groups is 1. The molecule has 2 aromatic carbocycles. The van der Waals surface area contributed by atoms with Crippen LogP contribution in [0.4, 0.5) is 5.69 Å². The van der Waals surface area contributed by atoms with Crippen LogP contribution in [-0.2, 0) is 14.3 Å². The van der Waals surface area contributed by atoms with Crippen LogP contribution >= 0.6 is 0 Å². The Balaban J connectivity index is 1.60. The summed E-state index contributed by atoms with van der Waals surface area (Å²) in [6.07, 6.45) is 0. The molecule has 0 spiro atoms. The Morgan fingerprint density at radius 1 is 1.00 bits per heavy atom. The molecular formula is C21H20N2O5. The van der Waals surface area contributed by atoms with E-state index in [-0.39, 0.29) is 11.1 Å². The van der Waals surface area contributed by atoms with Crippen molar-refractivity contribution in [2.45, 2.75) is 26.8 Å². The van der Waals surface area contributed by atoms with Gasteiger partial charge in [0.05, 0.1) is 11.1 Å². The van der Waals surface area contributed by atoms with Crippen LogP contribution in [0.25, 0.3) is 0 Å². The van der Waals surface area contributed by atoms with E-state index < -0.39 is 36.3 Å². The zero-order valence-corrected chi connectivity index (χ0v) is 15.8. The van der Waals surface area contributed by atoms with Crippen LogP contribution < -0.4 is 5.32 Å². The highest BCUT2D eigenvalue weighted by atomic mass is 16.5. The molecule has 1 N–H and O–H groups in total. The van der Waals surface area contributed by atoms with Crippen molar-refractivity contribution in [3.8, 4) is 0 Å². The molecular weight excluding hydrogens is 360 g/mol. The Bertz CT molecular complexity index is 927. The molecule has 1 aliphatic heterocycles. The number of anilines is 1. The maximum absolute atomic E-state index is 12.4. The number of carbonyl (C=O) groups excluding carboxylic acids is 4.